The van der Waals surface area contributed by atoms with Crippen molar-refractivity contribution >= 4 is 29.3 Å². The molecule has 108 valence electrons. The van der Waals surface area contributed by atoms with Gasteiger partial charge >= 0.3 is 0 Å². The maximum absolute atomic E-state index is 12.0. The third-order valence-corrected chi connectivity index (χ3v) is 4.22. The Morgan fingerprint density at radius 2 is 2.20 bits per heavy atom. The first-order chi connectivity index (χ1) is 9.65. The lowest BCUT2D eigenvalue weighted by atomic mass is 10.1. The number of primary amides is 1. The Bertz CT molecular complexity index is 487. The molecule has 0 radical (unpaired) electrons. The molecule has 1 aromatic rings. The predicted molar refractivity (Wildman–Crippen MR) is 81.7 cm³/mol. The lowest BCUT2D eigenvalue weighted by Crippen LogP contribution is -2.40. The van der Waals surface area contributed by atoms with Crippen molar-refractivity contribution in [3.05, 3.63) is 29.8 Å². The van der Waals surface area contributed by atoms with Crippen LogP contribution >= 0.6 is 11.8 Å². The Hall–Kier alpha value is -1.53. The summed E-state index contributed by atoms with van der Waals surface area (Å²) in [5, 5.41) is 6.19. The van der Waals surface area contributed by atoms with Gasteiger partial charge in [0.2, 0.25) is 11.8 Å². The first kappa shape index (κ1) is 14.9. The zero-order chi connectivity index (χ0) is 14.4. The number of hydrogen-bond donors (Lipinski definition) is 3. The van der Waals surface area contributed by atoms with Crippen LogP contribution in [0.15, 0.2) is 24.3 Å². The zero-order valence-electron chi connectivity index (χ0n) is 11.2. The van der Waals surface area contributed by atoms with E-state index in [0.29, 0.717) is 12.1 Å². The van der Waals surface area contributed by atoms with Gasteiger partial charge in [0, 0.05) is 36.2 Å². The quantitative estimate of drug-likeness (QED) is 0.748. The second-order valence-electron chi connectivity index (χ2n) is 4.78. The average molecular weight is 293 g/mol. The predicted octanol–water partition coefficient (Wildman–Crippen LogP) is 0.748. The molecular weight excluding hydrogens is 274 g/mol. The molecule has 1 aliphatic rings. The molecule has 6 heteroatoms. The van der Waals surface area contributed by atoms with Crippen molar-refractivity contribution in [1.29, 1.82) is 0 Å². The number of nitrogens with two attached hydrogens (primary N) is 1. The van der Waals surface area contributed by atoms with Gasteiger partial charge in [-0.3, -0.25) is 9.59 Å². The Labute approximate surface area is 122 Å². The van der Waals surface area contributed by atoms with Crippen molar-refractivity contribution in [3.63, 3.8) is 0 Å². The van der Waals surface area contributed by atoms with E-state index in [1.807, 2.05) is 23.9 Å². The van der Waals surface area contributed by atoms with Gasteiger partial charge in [0.1, 0.15) is 0 Å². The van der Waals surface area contributed by atoms with E-state index in [-0.39, 0.29) is 18.4 Å². The molecule has 0 spiro atoms. The maximum Gasteiger partial charge on any atom is 0.225 e. The van der Waals surface area contributed by atoms with Gasteiger partial charge in [-0.15, -0.1) is 0 Å². The van der Waals surface area contributed by atoms with Crippen LogP contribution in [0.1, 0.15) is 12.0 Å². The molecule has 1 saturated heterocycles. The number of para-hydroxylation sites is 1. The molecule has 1 aliphatic heterocycles. The molecule has 1 heterocycles. The SMILES string of the molecule is NC(=O)Cc1ccccc1NC(=O)CC1CSCCN1. The standard InChI is InChI=1S/C14H19N3O2S/c15-13(18)7-10-3-1-2-4-12(10)17-14(19)8-11-9-20-6-5-16-11/h1-4,11,16H,5-9H2,(H2,15,18)(H,17,19). The van der Waals surface area contributed by atoms with Gasteiger partial charge in [0.15, 0.2) is 0 Å². The number of thioether (sulfide) groups is 1. The monoisotopic (exact) mass is 293 g/mol. The fourth-order valence-corrected chi connectivity index (χ4v) is 3.11. The van der Waals surface area contributed by atoms with Crippen LogP contribution in [0.3, 0.4) is 0 Å². The van der Waals surface area contributed by atoms with Crippen molar-refractivity contribution in [2.75, 3.05) is 23.4 Å². The van der Waals surface area contributed by atoms with Gasteiger partial charge in [-0.1, -0.05) is 18.2 Å². The summed E-state index contributed by atoms with van der Waals surface area (Å²) in [6, 6.07) is 7.47. The van der Waals surface area contributed by atoms with Gasteiger partial charge < -0.3 is 16.4 Å². The molecule has 0 aromatic heterocycles. The summed E-state index contributed by atoms with van der Waals surface area (Å²) < 4.78 is 0. The Balaban J connectivity index is 1.94. The highest BCUT2D eigenvalue weighted by Gasteiger charge is 2.17. The number of rotatable bonds is 5. The average Bonchev–Trinajstić information content (AvgIpc) is 2.41. The van der Waals surface area contributed by atoms with Crippen molar-refractivity contribution < 1.29 is 9.59 Å². The third kappa shape index (κ3) is 4.54. The van der Waals surface area contributed by atoms with E-state index < -0.39 is 5.91 Å². The van der Waals surface area contributed by atoms with Crippen molar-refractivity contribution in [2.24, 2.45) is 5.73 Å². The summed E-state index contributed by atoms with van der Waals surface area (Å²) in [5.41, 5.74) is 6.63. The zero-order valence-corrected chi connectivity index (χ0v) is 12.0. The van der Waals surface area contributed by atoms with Crippen LogP contribution in [-0.4, -0.2) is 35.9 Å². The number of amides is 2. The smallest absolute Gasteiger partial charge is 0.225 e. The molecule has 2 rings (SSSR count). The minimum atomic E-state index is -0.406. The molecule has 1 fully saturated rings. The number of carbonyl (C=O) groups excluding carboxylic acids is 2. The topological polar surface area (TPSA) is 84.2 Å². The van der Waals surface area contributed by atoms with Crippen LogP contribution in [0.5, 0.6) is 0 Å². The van der Waals surface area contributed by atoms with Crippen molar-refractivity contribution in [3.8, 4) is 0 Å². The van der Waals surface area contributed by atoms with E-state index in [9.17, 15) is 9.59 Å². The van der Waals surface area contributed by atoms with Gasteiger partial charge in [-0.05, 0) is 11.6 Å². The van der Waals surface area contributed by atoms with Crippen LogP contribution in [0.25, 0.3) is 0 Å². The molecule has 0 aliphatic carbocycles. The molecule has 0 bridgehead atoms. The Kier molecular flexibility index (Phi) is 5.43. The highest BCUT2D eigenvalue weighted by atomic mass is 32.2. The molecule has 2 amide bonds. The van der Waals surface area contributed by atoms with E-state index >= 15 is 0 Å². The molecular formula is C14H19N3O2S. The van der Waals surface area contributed by atoms with Crippen LogP contribution in [0.4, 0.5) is 5.69 Å². The highest BCUT2D eigenvalue weighted by Crippen LogP contribution is 2.17. The largest absolute Gasteiger partial charge is 0.369 e. The number of anilines is 1. The van der Waals surface area contributed by atoms with E-state index in [2.05, 4.69) is 10.6 Å². The van der Waals surface area contributed by atoms with Gasteiger partial charge in [0.05, 0.1) is 6.42 Å². The van der Waals surface area contributed by atoms with E-state index in [1.165, 1.54) is 0 Å². The Morgan fingerprint density at radius 1 is 1.40 bits per heavy atom. The normalized spacial score (nSPS) is 18.5. The number of benzene rings is 1. The number of nitrogens with one attached hydrogen (secondary N) is 2. The number of carbonyl (C=O) groups is 2. The van der Waals surface area contributed by atoms with Crippen LogP contribution < -0.4 is 16.4 Å². The van der Waals surface area contributed by atoms with Gasteiger partial charge in [-0.2, -0.15) is 11.8 Å². The lowest BCUT2D eigenvalue weighted by molar-refractivity contribution is -0.118. The van der Waals surface area contributed by atoms with E-state index in [0.717, 1.165) is 23.6 Å². The van der Waals surface area contributed by atoms with Crippen LogP contribution in [-0.2, 0) is 16.0 Å². The van der Waals surface area contributed by atoms with Crippen LogP contribution in [0, 0.1) is 0 Å². The molecule has 20 heavy (non-hydrogen) atoms. The Morgan fingerprint density at radius 3 is 2.90 bits per heavy atom. The van der Waals surface area contributed by atoms with E-state index in [1.54, 1.807) is 12.1 Å². The number of hydrogen-bond acceptors (Lipinski definition) is 4. The summed E-state index contributed by atoms with van der Waals surface area (Å²) in [4.78, 5) is 23.1. The third-order valence-electron chi connectivity index (χ3n) is 3.09. The van der Waals surface area contributed by atoms with Crippen molar-refractivity contribution in [2.45, 2.75) is 18.9 Å². The summed E-state index contributed by atoms with van der Waals surface area (Å²) in [6.45, 7) is 0.945. The highest BCUT2D eigenvalue weighted by molar-refractivity contribution is 7.99. The molecule has 5 nitrogen and oxygen atoms in total. The summed E-state index contributed by atoms with van der Waals surface area (Å²) >= 11 is 1.86. The second-order valence-corrected chi connectivity index (χ2v) is 5.93. The summed E-state index contributed by atoms with van der Waals surface area (Å²) in [6.07, 6.45) is 0.575. The fraction of sp³-hybridized carbons (Fsp3) is 0.429. The minimum Gasteiger partial charge on any atom is -0.369 e. The lowest BCUT2D eigenvalue weighted by Gasteiger charge is -2.22. The summed E-state index contributed by atoms with van der Waals surface area (Å²) in [5.74, 6) is 1.61. The molecule has 0 saturated carbocycles. The van der Waals surface area contributed by atoms with Crippen LogP contribution in [0.2, 0.25) is 0 Å². The molecule has 1 unspecified atom stereocenters. The molecule has 1 atom stereocenters. The van der Waals surface area contributed by atoms with Gasteiger partial charge in [-0.25, -0.2) is 0 Å². The van der Waals surface area contributed by atoms with Gasteiger partial charge in [0.25, 0.3) is 0 Å². The maximum atomic E-state index is 12.0. The fourth-order valence-electron chi connectivity index (χ4n) is 2.16. The first-order valence-electron chi connectivity index (χ1n) is 6.62. The first-order valence-corrected chi connectivity index (χ1v) is 7.78. The molecule has 4 N–H and O–H groups in total. The minimum absolute atomic E-state index is 0.0399. The second kappa shape index (κ2) is 7.31. The summed E-state index contributed by atoms with van der Waals surface area (Å²) in [7, 11) is 0. The van der Waals surface area contributed by atoms with Crippen molar-refractivity contribution in [1.82, 2.24) is 5.32 Å². The molecule has 1 aromatic carbocycles. The van der Waals surface area contributed by atoms with E-state index in [4.69, 9.17) is 5.73 Å².